The Kier molecular flexibility index (Phi) is 6.57. The molecule has 2 bridgehead atoms. The molecule has 1 aromatic rings. The maximum absolute atomic E-state index is 13.7. The summed E-state index contributed by atoms with van der Waals surface area (Å²) in [6.07, 6.45) is 9.23. The maximum atomic E-state index is 13.7. The standard InChI is InChI=1S/C27H35N3O5/c1-3-16-30-23(25(32)29-17-8-6-5-7-9-17)27-15-14-20(35-27)21(22(27)26(30)33)24(31)28-18-10-12-19(13-11-18)34-4-2/h10-15,17,20-23H,3-9,16H2,1-2H3,(H,28,31)(H,29,32). The van der Waals surface area contributed by atoms with E-state index in [9.17, 15) is 14.4 Å². The first-order valence-corrected chi connectivity index (χ1v) is 13.0. The topological polar surface area (TPSA) is 97.0 Å². The lowest BCUT2D eigenvalue weighted by Crippen LogP contribution is -2.56. The zero-order valence-electron chi connectivity index (χ0n) is 20.5. The van der Waals surface area contributed by atoms with Crippen LogP contribution in [0.15, 0.2) is 36.4 Å². The number of fused-ring (bicyclic) bond motifs is 1. The largest absolute Gasteiger partial charge is 0.494 e. The van der Waals surface area contributed by atoms with Crippen molar-refractivity contribution < 1.29 is 23.9 Å². The molecule has 3 fully saturated rings. The van der Waals surface area contributed by atoms with Crippen molar-refractivity contribution in [1.29, 1.82) is 0 Å². The first-order chi connectivity index (χ1) is 17.0. The van der Waals surface area contributed by atoms with Gasteiger partial charge in [0, 0.05) is 18.3 Å². The van der Waals surface area contributed by atoms with Crippen molar-refractivity contribution in [2.75, 3.05) is 18.5 Å². The van der Waals surface area contributed by atoms with Gasteiger partial charge < -0.3 is 25.0 Å². The van der Waals surface area contributed by atoms with E-state index in [0.29, 0.717) is 18.8 Å². The highest BCUT2D eigenvalue weighted by atomic mass is 16.5. The van der Waals surface area contributed by atoms with E-state index >= 15 is 0 Å². The third kappa shape index (κ3) is 4.11. The molecule has 2 N–H and O–H groups in total. The molecular weight excluding hydrogens is 446 g/mol. The van der Waals surface area contributed by atoms with Gasteiger partial charge in [-0.25, -0.2) is 0 Å². The van der Waals surface area contributed by atoms with E-state index in [0.717, 1.165) is 37.9 Å². The fraction of sp³-hybridized carbons (Fsp3) is 0.593. The van der Waals surface area contributed by atoms with Crippen LogP contribution in [-0.2, 0) is 19.1 Å². The van der Waals surface area contributed by atoms with Crippen molar-refractivity contribution in [3.05, 3.63) is 36.4 Å². The van der Waals surface area contributed by atoms with Crippen LogP contribution in [0.1, 0.15) is 52.4 Å². The minimum Gasteiger partial charge on any atom is -0.494 e. The van der Waals surface area contributed by atoms with Gasteiger partial charge in [0.1, 0.15) is 17.4 Å². The van der Waals surface area contributed by atoms with Crippen molar-refractivity contribution in [3.8, 4) is 5.75 Å². The number of hydrogen-bond donors (Lipinski definition) is 2. The van der Waals surface area contributed by atoms with Crippen molar-refractivity contribution in [2.24, 2.45) is 11.8 Å². The predicted octanol–water partition coefficient (Wildman–Crippen LogP) is 3.03. The zero-order chi connectivity index (χ0) is 24.6. The molecule has 35 heavy (non-hydrogen) atoms. The number of carbonyl (C=O) groups is 3. The van der Waals surface area contributed by atoms with Crippen LogP contribution in [0.4, 0.5) is 5.69 Å². The summed E-state index contributed by atoms with van der Waals surface area (Å²) in [6, 6.07) is 6.53. The summed E-state index contributed by atoms with van der Waals surface area (Å²) in [7, 11) is 0. The van der Waals surface area contributed by atoms with Gasteiger partial charge in [-0.15, -0.1) is 0 Å². The summed E-state index contributed by atoms with van der Waals surface area (Å²) >= 11 is 0. The predicted molar refractivity (Wildman–Crippen MR) is 131 cm³/mol. The van der Waals surface area contributed by atoms with Crippen LogP contribution in [0.3, 0.4) is 0 Å². The second kappa shape index (κ2) is 9.64. The van der Waals surface area contributed by atoms with Crippen LogP contribution in [0, 0.1) is 11.8 Å². The van der Waals surface area contributed by atoms with E-state index < -0.39 is 29.6 Å². The van der Waals surface area contributed by atoms with Crippen LogP contribution in [-0.4, -0.2) is 59.6 Å². The highest BCUT2D eigenvalue weighted by Crippen LogP contribution is 2.55. The Morgan fingerprint density at radius 1 is 1.11 bits per heavy atom. The number of likely N-dealkylation sites (tertiary alicyclic amines) is 1. The van der Waals surface area contributed by atoms with Crippen LogP contribution in [0.25, 0.3) is 0 Å². The Morgan fingerprint density at radius 3 is 2.54 bits per heavy atom. The molecule has 1 aromatic carbocycles. The molecule has 2 saturated heterocycles. The lowest BCUT2D eigenvalue weighted by molar-refractivity contribution is -0.141. The van der Waals surface area contributed by atoms with Crippen molar-refractivity contribution in [1.82, 2.24) is 10.2 Å². The quantitative estimate of drug-likeness (QED) is 0.557. The third-order valence-corrected chi connectivity index (χ3v) is 7.77. The molecule has 3 aliphatic heterocycles. The lowest BCUT2D eigenvalue weighted by atomic mass is 9.74. The van der Waals surface area contributed by atoms with E-state index in [2.05, 4.69) is 10.6 Å². The number of hydrogen-bond acceptors (Lipinski definition) is 5. The van der Waals surface area contributed by atoms with Gasteiger partial charge in [-0.2, -0.15) is 0 Å². The molecule has 4 aliphatic rings. The summed E-state index contributed by atoms with van der Waals surface area (Å²) in [5, 5.41) is 6.15. The third-order valence-electron chi connectivity index (χ3n) is 7.77. The van der Waals surface area contributed by atoms with Crippen LogP contribution < -0.4 is 15.4 Å². The molecular formula is C27H35N3O5. The number of carbonyl (C=O) groups excluding carboxylic acids is 3. The van der Waals surface area contributed by atoms with E-state index in [1.165, 1.54) is 6.42 Å². The number of amides is 3. The molecule has 188 valence electrons. The Bertz CT molecular complexity index is 1000. The van der Waals surface area contributed by atoms with Crippen LogP contribution in [0.5, 0.6) is 5.75 Å². The maximum Gasteiger partial charge on any atom is 0.246 e. The number of nitrogens with zero attached hydrogens (tertiary/aromatic N) is 1. The first-order valence-electron chi connectivity index (χ1n) is 13.0. The number of ether oxygens (including phenoxy) is 2. The summed E-state index contributed by atoms with van der Waals surface area (Å²) < 4.78 is 11.8. The van der Waals surface area contributed by atoms with Gasteiger partial charge >= 0.3 is 0 Å². The van der Waals surface area contributed by atoms with Crippen molar-refractivity contribution in [3.63, 3.8) is 0 Å². The highest BCUT2D eigenvalue weighted by molar-refractivity contribution is 6.02. The van der Waals surface area contributed by atoms with Crippen LogP contribution >= 0.6 is 0 Å². The molecule has 1 spiro atoms. The van der Waals surface area contributed by atoms with Crippen molar-refractivity contribution >= 4 is 23.4 Å². The van der Waals surface area contributed by atoms with Gasteiger partial charge in [-0.05, 0) is 50.5 Å². The molecule has 0 aromatic heterocycles. The van der Waals surface area contributed by atoms with Crippen LogP contribution in [0.2, 0.25) is 0 Å². The summed E-state index contributed by atoms with van der Waals surface area (Å²) in [5.41, 5.74) is -0.474. The molecule has 5 rings (SSSR count). The number of rotatable bonds is 8. The van der Waals surface area contributed by atoms with E-state index in [1.54, 1.807) is 29.2 Å². The Morgan fingerprint density at radius 2 is 1.86 bits per heavy atom. The fourth-order valence-electron chi connectivity index (χ4n) is 6.30. The first kappa shape index (κ1) is 23.9. The Balaban J connectivity index is 1.38. The summed E-state index contributed by atoms with van der Waals surface area (Å²) in [5.74, 6) is -1.29. The van der Waals surface area contributed by atoms with E-state index in [1.807, 2.05) is 26.0 Å². The van der Waals surface area contributed by atoms with Gasteiger partial charge in [0.2, 0.25) is 17.7 Å². The molecule has 0 radical (unpaired) electrons. The Hall–Kier alpha value is -2.87. The van der Waals surface area contributed by atoms with E-state index in [4.69, 9.17) is 9.47 Å². The molecule has 8 heteroatoms. The van der Waals surface area contributed by atoms with Crippen molar-refractivity contribution in [2.45, 2.75) is 76.2 Å². The van der Waals surface area contributed by atoms with E-state index in [-0.39, 0.29) is 23.8 Å². The summed E-state index contributed by atoms with van der Waals surface area (Å²) in [4.78, 5) is 42.4. The van der Waals surface area contributed by atoms with Gasteiger partial charge in [-0.1, -0.05) is 38.3 Å². The summed E-state index contributed by atoms with van der Waals surface area (Å²) in [6.45, 7) is 4.92. The molecule has 1 saturated carbocycles. The molecule has 3 amide bonds. The number of nitrogens with one attached hydrogen (secondary N) is 2. The molecule has 5 unspecified atom stereocenters. The van der Waals surface area contributed by atoms with Gasteiger partial charge in [-0.3, -0.25) is 14.4 Å². The van der Waals surface area contributed by atoms with Gasteiger partial charge in [0.05, 0.1) is 24.5 Å². The SMILES string of the molecule is CCCN1C(=O)C2C(C(=O)Nc3ccc(OCC)cc3)C3C=CC2(O3)C1C(=O)NC1CCCCC1. The second-order valence-electron chi connectivity index (χ2n) is 10.0. The fourth-order valence-corrected chi connectivity index (χ4v) is 6.30. The minimum absolute atomic E-state index is 0.131. The minimum atomic E-state index is -1.10. The average Bonchev–Trinajstić information content (AvgIpc) is 3.49. The zero-order valence-corrected chi connectivity index (χ0v) is 20.5. The smallest absolute Gasteiger partial charge is 0.246 e. The number of anilines is 1. The molecule has 5 atom stereocenters. The normalized spacial score (nSPS) is 31.5. The number of benzene rings is 1. The monoisotopic (exact) mass is 481 g/mol. The molecule has 8 nitrogen and oxygen atoms in total. The van der Waals surface area contributed by atoms with Gasteiger partial charge in [0.15, 0.2) is 0 Å². The Labute approximate surface area is 206 Å². The molecule has 3 heterocycles. The lowest BCUT2D eigenvalue weighted by Gasteiger charge is -2.34. The van der Waals surface area contributed by atoms with Gasteiger partial charge in [0.25, 0.3) is 0 Å². The second-order valence-corrected chi connectivity index (χ2v) is 10.0. The molecule has 1 aliphatic carbocycles. The average molecular weight is 482 g/mol. The highest BCUT2D eigenvalue weighted by Gasteiger charge is 2.72.